The molecule has 2 aromatic heterocycles. The van der Waals surface area contributed by atoms with Crippen molar-refractivity contribution in [2.75, 3.05) is 18.2 Å². The molecule has 0 aliphatic rings. The van der Waals surface area contributed by atoms with Gasteiger partial charge in [-0.15, -0.1) is 0 Å². The zero-order valence-corrected chi connectivity index (χ0v) is 20.8. The number of halogens is 3. The molecule has 0 fully saturated rings. The van der Waals surface area contributed by atoms with Crippen molar-refractivity contribution in [1.29, 1.82) is 0 Å². The summed E-state index contributed by atoms with van der Waals surface area (Å²) in [4.78, 5) is 9.13. The van der Waals surface area contributed by atoms with E-state index < -0.39 is 19.7 Å². The molecular weight excluding hydrogens is 490 g/mol. The van der Waals surface area contributed by atoms with Crippen molar-refractivity contribution in [3.63, 3.8) is 0 Å². The Morgan fingerprint density at radius 1 is 1.20 bits per heavy atom. The molecule has 0 aliphatic carbocycles. The van der Waals surface area contributed by atoms with E-state index in [1.807, 2.05) is 17.0 Å². The van der Waals surface area contributed by atoms with Crippen LogP contribution in [0.5, 0.6) is 0 Å². The van der Waals surface area contributed by atoms with Crippen LogP contribution in [0.2, 0.25) is 25.7 Å². The summed E-state index contributed by atoms with van der Waals surface area (Å²) in [5.41, 5.74) is 0.672. The van der Waals surface area contributed by atoms with Crippen LogP contribution >= 0.6 is 27.7 Å². The van der Waals surface area contributed by atoms with E-state index in [9.17, 15) is 8.78 Å². The maximum absolute atomic E-state index is 14.0. The van der Waals surface area contributed by atoms with Gasteiger partial charge in [0.2, 0.25) is 0 Å². The van der Waals surface area contributed by atoms with Gasteiger partial charge in [0, 0.05) is 37.5 Å². The van der Waals surface area contributed by atoms with Crippen LogP contribution in [0.15, 0.2) is 34.0 Å². The van der Waals surface area contributed by atoms with E-state index in [-0.39, 0.29) is 12.1 Å². The first-order valence-electron chi connectivity index (χ1n) is 9.54. The van der Waals surface area contributed by atoms with Crippen molar-refractivity contribution in [3.8, 4) is 0 Å². The molecule has 0 radical (unpaired) electrons. The first kappa shape index (κ1) is 23.2. The summed E-state index contributed by atoms with van der Waals surface area (Å²) in [6.45, 7) is 7.98. The minimum Gasteiger partial charge on any atom is -0.365 e. The predicted molar refractivity (Wildman–Crippen MR) is 125 cm³/mol. The monoisotopic (exact) mass is 514 g/mol. The first-order valence-corrected chi connectivity index (χ1v) is 15.3. The summed E-state index contributed by atoms with van der Waals surface area (Å²) in [5.74, 6) is -0.671. The molecule has 162 valence electrons. The van der Waals surface area contributed by atoms with Crippen LogP contribution in [-0.4, -0.2) is 35.5 Å². The molecular formula is C20H25BrF2N4OSSi. The third kappa shape index (κ3) is 5.60. The number of ether oxygens (including phenoxy) is 1. The number of nitrogens with zero attached hydrogens (tertiary/aromatic N) is 3. The molecule has 3 aromatic rings. The number of hydrogen-bond donors (Lipinski definition) is 1. The minimum atomic E-state index is -1.16. The molecule has 3 rings (SSSR count). The molecule has 0 amide bonds. The molecule has 5 nitrogen and oxygen atoms in total. The lowest BCUT2D eigenvalue weighted by molar-refractivity contribution is 0.0897. The zero-order chi connectivity index (χ0) is 21.9. The van der Waals surface area contributed by atoms with E-state index in [2.05, 4.69) is 50.9 Å². The van der Waals surface area contributed by atoms with E-state index in [1.54, 1.807) is 0 Å². The number of nitrogens with one attached hydrogen (secondary N) is 1. The summed E-state index contributed by atoms with van der Waals surface area (Å²) < 4.78 is 36.6. The van der Waals surface area contributed by atoms with Crippen LogP contribution in [0.3, 0.4) is 0 Å². The van der Waals surface area contributed by atoms with E-state index in [1.165, 1.54) is 30.0 Å². The largest absolute Gasteiger partial charge is 0.365 e. The average Bonchev–Trinajstić information content (AvgIpc) is 2.99. The summed E-state index contributed by atoms with van der Waals surface area (Å²) >= 11 is 4.97. The topological polar surface area (TPSA) is 52.0 Å². The highest BCUT2D eigenvalue weighted by molar-refractivity contribution is 9.10. The second-order valence-electron chi connectivity index (χ2n) is 8.11. The Labute approximate surface area is 188 Å². The molecule has 0 aliphatic heterocycles. The molecule has 0 spiro atoms. The number of fused-ring (bicyclic) bond motifs is 1. The van der Waals surface area contributed by atoms with Crippen LogP contribution < -0.4 is 5.32 Å². The quantitative estimate of drug-likeness (QED) is 0.161. The number of aromatic nitrogens is 3. The maximum Gasteiger partial charge on any atom is 0.191 e. The lowest BCUT2D eigenvalue weighted by Gasteiger charge is -2.15. The Morgan fingerprint density at radius 3 is 2.53 bits per heavy atom. The first-order chi connectivity index (χ1) is 14.2. The van der Waals surface area contributed by atoms with Gasteiger partial charge in [0.05, 0.1) is 5.39 Å². The summed E-state index contributed by atoms with van der Waals surface area (Å²) in [5, 5.41) is 4.39. The van der Waals surface area contributed by atoms with Gasteiger partial charge in [-0.1, -0.05) is 37.5 Å². The molecule has 10 heteroatoms. The summed E-state index contributed by atoms with van der Waals surface area (Å²) in [7, 11) is -1.16. The molecule has 0 unspecified atom stereocenters. The number of hydrogen-bond acceptors (Lipinski definition) is 5. The van der Waals surface area contributed by atoms with Gasteiger partial charge in [-0.2, -0.15) is 0 Å². The Bertz CT molecular complexity index is 1020. The molecule has 1 N–H and O–H groups in total. The highest BCUT2D eigenvalue weighted by Crippen LogP contribution is 2.32. The van der Waals surface area contributed by atoms with Gasteiger partial charge in [-0.25, -0.2) is 18.7 Å². The van der Waals surface area contributed by atoms with Gasteiger partial charge >= 0.3 is 0 Å². The third-order valence-corrected chi connectivity index (χ3v) is 7.41. The lowest BCUT2D eigenvalue weighted by atomic mass is 10.2. The molecule has 2 heterocycles. The summed E-state index contributed by atoms with van der Waals surface area (Å²) in [6, 6.07) is 4.92. The van der Waals surface area contributed by atoms with Crippen LogP contribution in [0.4, 0.5) is 14.6 Å². The second-order valence-corrected chi connectivity index (χ2v) is 15.4. The van der Waals surface area contributed by atoms with Crippen molar-refractivity contribution in [2.45, 2.75) is 44.1 Å². The van der Waals surface area contributed by atoms with Gasteiger partial charge in [-0.05, 0) is 40.4 Å². The van der Waals surface area contributed by atoms with Crippen molar-refractivity contribution in [3.05, 3.63) is 46.1 Å². The van der Waals surface area contributed by atoms with Gasteiger partial charge < -0.3 is 14.6 Å². The Balaban J connectivity index is 1.87. The highest BCUT2D eigenvalue weighted by Gasteiger charge is 2.18. The van der Waals surface area contributed by atoms with E-state index >= 15 is 0 Å². The zero-order valence-electron chi connectivity index (χ0n) is 17.4. The number of rotatable bonds is 9. The Hall–Kier alpha value is -1.49. The van der Waals surface area contributed by atoms with Crippen LogP contribution in [0.1, 0.15) is 5.56 Å². The van der Waals surface area contributed by atoms with Gasteiger partial charge in [0.15, 0.2) is 5.16 Å². The smallest absolute Gasteiger partial charge is 0.191 e. The predicted octanol–water partition coefficient (Wildman–Crippen LogP) is 6.12. The molecule has 1 aromatic carbocycles. The Kier molecular flexibility index (Phi) is 7.54. The third-order valence-electron chi connectivity index (χ3n) is 4.55. The summed E-state index contributed by atoms with van der Waals surface area (Å²) in [6.07, 6.45) is 3.78. The van der Waals surface area contributed by atoms with E-state index in [4.69, 9.17) is 4.74 Å². The molecule has 0 saturated heterocycles. The SMILES string of the molecule is CSc1nc(NCc2c(F)cccc2F)c2c(Br)cn(COCC[Si](C)(C)C)c2n1. The molecule has 30 heavy (non-hydrogen) atoms. The second kappa shape index (κ2) is 9.76. The molecule has 0 saturated carbocycles. The minimum absolute atomic E-state index is 0.0250. The molecule has 0 bridgehead atoms. The fraction of sp³-hybridized carbons (Fsp3) is 0.400. The van der Waals surface area contributed by atoms with Crippen LogP contribution in [-0.2, 0) is 18.0 Å². The van der Waals surface area contributed by atoms with Gasteiger partial charge in [-0.3, -0.25) is 0 Å². The Morgan fingerprint density at radius 2 is 1.90 bits per heavy atom. The molecule has 0 atom stereocenters. The highest BCUT2D eigenvalue weighted by atomic mass is 79.9. The normalized spacial score (nSPS) is 12.0. The number of benzene rings is 1. The van der Waals surface area contributed by atoms with Crippen LogP contribution in [0, 0.1) is 11.6 Å². The van der Waals surface area contributed by atoms with E-state index in [0.717, 1.165) is 15.9 Å². The fourth-order valence-corrected chi connectivity index (χ4v) is 4.58. The number of anilines is 1. The van der Waals surface area contributed by atoms with Crippen molar-refractivity contribution >= 4 is 52.6 Å². The van der Waals surface area contributed by atoms with Gasteiger partial charge in [0.1, 0.15) is 29.8 Å². The lowest BCUT2D eigenvalue weighted by Crippen LogP contribution is -2.22. The van der Waals surface area contributed by atoms with Crippen molar-refractivity contribution < 1.29 is 13.5 Å². The number of thioether (sulfide) groups is 1. The van der Waals surface area contributed by atoms with Crippen molar-refractivity contribution in [2.24, 2.45) is 0 Å². The fourth-order valence-electron chi connectivity index (χ4n) is 2.85. The average molecular weight is 516 g/mol. The van der Waals surface area contributed by atoms with E-state index in [0.29, 0.717) is 30.0 Å². The van der Waals surface area contributed by atoms with Gasteiger partial charge in [0.25, 0.3) is 0 Å². The maximum atomic E-state index is 14.0. The standard InChI is InChI=1S/C20H25BrF2N4OSSi/c1-29-20-25-18(24-10-13-15(22)6-5-7-16(13)23)17-14(21)11-27(19(17)26-20)12-28-8-9-30(2,3)4/h5-7,11H,8-10,12H2,1-4H3,(H,24,25,26). The van der Waals surface area contributed by atoms with Crippen LogP contribution in [0.25, 0.3) is 11.0 Å². The van der Waals surface area contributed by atoms with Crippen molar-refractivity contribution in [1.82, 2.24) is 14.5 Å².